The molecule has 2 N–H and O–H groups in total. The van der Waals surface area contributed by atoms with Gasteiger partial charge in [0.05, 0.1) is 24.3 Å². The molecule has 1 atom stereocenters. The van der Waals surface area contributed by atoms with Crippen molar-refractivity contribution in [1.29, 1.82) is 0 Å². The summed E-state index contributed by atoms with van der Waals surface area (Å²) in [7, 11) is 1.69. The highest BCUT2D eigenvalue weighted by molar-refractivity contribution is 5.96. The molecule has 0 saturated carbocycles. The summed E-state index contributed by atoms with van der Waals surface area (Å²) >= 11 is 0. The van der Waals surface area contributed by atoms with Crippen LogP contribution in [-0.4, -0.2) is 49.1 Å². The van der Waals surface area contributed by atoms with Crippen LogP contribution in [-0.2, 0) is 4.74 Å². The second-order valence-electron chi connectivity index (χ2n) is 4.79. The van der Waals surface area contributed by atoms with Gasteiger partial charge in [-0.15, -0.1) is 0 Å². The molecule has 0 aliphatic carbocycles. The Kier molecular flexibility index (Phi) is 5.10. The molecular weight excluding hydrogens is 254 g/mol. The lowest BCUT2D eigenvalue weighted by Gasteiger charge is -2.17. The first-order chi connectivity index (χ1) is 9.76. The van der Waals surface area contributed by atoms with Gasteiger partial charge in [0.1, 0.15) is 0 Å². The first-order valence-electron chi connectivity index (χ1n) is 6.67. The molecule has 1 aliphatic heterocycles. The van der Waals surface area contributed by atoms with Crippen LogP contribution in [0.2, 0.25) is 0 Å². The van der Waals surface area contributed by atoms with Crippen molar-refractivity contribution in [3.05, 3.63) is 29.6 Å². The second-order valence-corrected chi connectivity index (χ2v) is 4.79. The molecule has 1 fully saturated rings. The SMILES string of the molecule is COCC1CCN(C(=O)c2ccncc2C#CCN)C1. The molecule has 0 spiro atoms. The Labute approximate surface area is 119 Å². The molecule has 1 saturated heterocycles. The zero-order valence-corrected chi connectivity index (χ0v) is 11.6. The summed E-state index contributed by atoms with van der Waals surface area (Å²) in [6.07, 6.45) is 4.21. The number of nitrogens with zero attached hydrogens (tertiary/aromatic N) is 2. The van der Waals surface area contributed by atoms with Gasteiger partial charge in [-0.05, 0) is 12.5 Å². The zero-order chi connectivity index (χ0) is 14.4. The Morgan fingerprint density at radius 3 is 3.25 bits per heavy atom. The molecule has 1 aromatic heterocycles. The van der Waals surface area contributed by atoms with E-state index in [0.717, 1.165) is 19.5 Å². The van der Waals surface area contributed by atoms with Gasteiger partial charge in [-0.25, -0.2) is 0 Å². The molecule has 0 aromatic carbocycles. The first kappa shape index (κ1) is 14.5. The molecule has 1 aliphatic rings. The molecule has 5 nitrogen and oxygen atoms in total. The number of aromatic nitrogens is 1. The summed E-state index contributed by atoms with van der Waals surface area (Å²) in [5.74, 6) is 6.10. The van der Waals surface area contributed by atoms with Gasteiger partial charge in [-0.2, -0.15) is 0 Å². The number of nitrogens with two attached hydrogens (primary N) is 1. The summed E-state index contributed by atoms with van der Waals surface area (Å²) in [6.45, 7) is 2.46. The van der Waals surface area contributed by atoms with Crippen LogP contribution in [0.5, 0.6) is 0 Å². The summed E-state index contributed by atoms with van der Waals surface area (Å²) in [4.78, 5) is 18.4. The third kappa shape index (κ3) is 3.35. The zero-order valence-electron chi connectivity index (χ0n) is 11.6. The van der Waals surface area contributed by atoms with Crippen molar-refractivity contribution in [2.45, 2.75) is 6.42 Å². The molecule has 5 heteroatoms. The van der Waals surface area contributed by atoms with E-state index in [-0.39, 0.29) is 12.5 Å². The number of pyridine rings is 1. The van der Waals surface area contributed by atoms with E-state index in [0.29, 0.717) is 23.7 Å². The largest absolute Gasteiger partial charge is 0.384 e. The number of hydrogen-bond donors (Lipinski definition) is 1. The van der Waals surface area contributed by atoms with Crippen LogP contribution in [0.3, 0.4) is 0 Å². The van der Waals surface area contributed by atoms with E-state index in [1.54, 1.807) is 25.6 Å². The maximum atomic E-state index is 12.5. The van der Waals surface area contributed by atoms with Gasteiger partial charge in [0, 0.05) is 38.5 Å². The lowest BCUT2D eigenvalue weighted by molar-refractivity contribution is 0.0775. The monoisotopic (exact) mass is 273 g/mol. The summed E-state index contributed by atoms with van der Waals surface area (Å²) in [5.41, 5.74) is 6.61. The number of likely N-dealkylation sites (tertiary alicyclic amines) is 1. The Balaban J connectivity index is 2.14. The van der Waals surface area contributed by atoms with Crippen molar-refractivity contribution < 1.29 is 9.53 Å². The molecule has 2 rings (SSSR count). The summed E-state index contributed by atoms with van der Waals surface area (Å²) in [5, 5.41) is 0. The Morgan fingerprint density at radius 1 is 1.65 bits per heavy atom. The van der Waals surface area contributed by atoms with E-state index in [2.05, 4.69) is 16.8 Å². The average molecular weight is 273 g/mol. The third-order valence-electron chi connectivity index (χ3n) is 3.35. The number of methoxy groups -OCH3 is 1. The van der Waals surface area contributed by atoms with Gasteiger partial charge < -0.3 is 15.4 Å². The molecule has 2 heterocycles. The third-order valence-corrected chi connectivity index (χ3v) is 3.35. The standard InChI is InChI=1S/C15H19N3O2/c1-20-11-12-5-8-18(10-12)15(19)14-4-7-17-9-13(14)3-2-6-16/h4,7,9,12H,5-6,8,10-11,16H2,1H3. The molecule has 1 unspecified atom stereocenters. The molecular formula is C15H19N3O2. The van der Waals surface area contributed by atoms with E-state index in [1.807, 2.05) is 4.90 Å². The smallest absolute Gasteiger partial charge is 0.255 e. The van der Waals surface area contributed by atoms with Crippen LogP contribution in [0, 0.1) is 17.8 Å². The predicted molar refractivity (Wildman–Crippen MR) is 76.1 cm³/mol. The van der Waals surface area contributed by atoms with Crippen LogP contribution >= 0.6 is 0 Å². The van der Waals surface area contributed by atoms with E-state index < -0.39 is 0 Å². The van der Waals surface area contributed by atoms with Crippen LogP contribution in [0.15, 0.2) is 18.5 Å². The Morgan fingerprint density at radius 2 is 2.50 bits per heavy atom. The maximum absolute atomic E-state index is 12.5. The van der Waals surface area contributed by atoms with Crippen LogP contribution in [0.4, 0.5) is 0 Å². The quantitative estimate of drug-likeness (QED) is 0.814. The molecule has 0 radical (unpaired) electrons. The van der Waals surface area contributed by atoms with Crippen molar-refractivity contribution >= 4 is 5.91 Å². The predicted octanol–water partition coefficient (Wildman–Crippen LogP) is 0.500. The van der Waals surface area contributed by atoms with Gasteiger partial charge in [0.15, 0.2) is 0 Å². The minimum atomic E-state index is 0.00678. The van der Waals surface area contributed by atoms with Crippen molar-refractivity contribution in [2.75, 3.05) is 33.4 Å². The van der Waals surface area contributed by atoms with Crippen molar-refractivity contribution in [3.63, 3.8) is 0 Å². The minimum absolute atomic E-state index is 0.00678. The number of amides is 1. The first-order valence-corrected chi connectivity index (χ1v) is 6.67. The number of carbonyl (C=O) groups excluding carboxylic acids is 1. The molecule has 1 aromatic rings. The van der Waals surface area contributed by atoms with E-state index in [4.69, 9.17) is 10.5 Å². The number of carbonyl (C=O) groups is 1. The normalized spacial score (nSPS) is 17.7. The highest BCUT2D eigenvalue weighted by Crippen LogP contribution is 2.20. The number of ether oxygens (including phenoxy) is 1. The fourth-order valence-corrected chi connectivity index (χ4v) is 2.39. The molecule has 0 bridgehead atoms. The Bertz CT molecular complexity index is 533. The fraction of sp³-hybridized carbons (Fsp3) is 0.467. The van der Waals surface area contributed by atoms with E-state index in [1.165, 1.54) is 0 Å². The molecule has 106 valence electrons. The van der Waals surface area contributed by atoms with Crippen LogP contribution in [0.25, 0.3) is 0 Å². The lowest BCUT2D eigenvalue weighted by atomic mass is 10.1. The average Bonchev–Trinajstić information content (AvgIpc) is 2.94. The van der Waals surface area contributed by atoms with Crippen LogP contribution in [0.1, 0.15) is 22.3 Å². The Hall–Kier alpha value is -1.90. The van der Waals surface area contributed by atoms with Gasteiger partial charge in [0.25, 0.3) is 5.91 Å². The lowest BCUT2D eigenvalue weighted by Crippen LogP contribution is -2.29. The van der Waals surface area contributed by atoms with Gasteiger partial charge in [-0.3, -0.25) is 9.78 Å². The highest BCUT2D eigenvalue weighted by Gasteiger charge is 2.27. The second kappa shape index (κ2) is 7.04. The van der Waals surface area contributed by atoms with E-state index >= 15 is 0 Å². The number of rotatable bonds is 3. The van der Waals surface area contributed by atoms with Gasteiger partial charge >= 0.3 is 0 Å². The van der Waals surface area contributed by atoms with Gasteiger partial charge in [-0.1, -0.05) is 11.8 Å². The molecule has 1 amide bonds. The fourth-order valence-electron chi connectivity index (χ4n) is 2.39. The minimum Gasteiger partial charge on any atom is -0.384 e. The van der Waals surface area contributed by atoms with Crippen molar-refractivity contribution in [1.82, 2.24) is 9.88 Å². The number of hydrogen-bond acceptors (Lipinski definition) is 4. The maximum Gasteiger partial charge on any atom is 0.255 e. The topological polar surface area (TPSA) is 68.5 Å². The van der Waals surface area contributed by atoms with Gasteiger partial charge in [0.2, 0.25) is 0 Å². The summed E-state index contributed by atoms with van der Waals surface area (Å²) < 4.78 is 5.15. The van der Waals surface area contributed by atoms with Crippen molar-refractivity contribution in [2.24, 2.45) is 11.7 Å². The summed E-state index contributed by atoms with van der Waals surface area (Å²) in [6, 6.07) is 1.71. The van der Waals surface area contributed by atoms with Crippen LogP contribution < -0.4 is 5.73 Å². The van der Waals surface area contributed by atoms with E-state index in [9.17, 15) is 4.79 Å². The van der Waals surface area contributed by atoms with Crippen molar-refractivity contribution in [3.8, 4) is 11.8 Å². The molecule has 20 heavy (non-hydrogen) atoms. The highest BCUT2D eigenvalue weighted by atomic mass is 16.5.